The number of ether oxygens (including phenoxy) is 1. The predicted octanol–water partition coefficient (Wildman–Crippen LogP) is 3.22. The molecule has 0 spiro atoms. The molecule has 0 aliphatic heterocycles. The molecular formula is C20H21FN2O4S. The first-order chi connectivity index (χ1) is 13.3. The summed E-state index contributed by atoms with van der Waals surface area (Å²) in [7, 11) is -3.42. The Hall–Kier alpha value is -2.92. The molecule has 1 atom stereocenters. The van der Waals surface area contributed by atoms with Crippen molar-refractivity contribution in [3.05, 3.63) is 65.5 Å². The van der Waals surface area contributed by atoms with Crippen LogP contribution in [0.25, 0.3) is 0 Å². The minimum Gasteiger partial charge on any atom is -0.410 e. The molecule has 1 amide bonds. The molecule has 0 aromatic heterocycles. The average Bonchev–Trinajstić information content (AvgIpc) is 2.68. The highest BCUT2D eigenvalue weighted by Gasteiger charge is 2.20. The first-order valence-electron chi connectivity index (χ1n) is 8.74. The van der Waals surface area contributed by atoms with E-state index in [1.807, 2.05) is 6.07 Å². The summed E-state index contributed by atoms with van der Waals surface area (Å²) >= 11 is 0. The van der Waals surface area contributed by atoms with E-state index in [4.69, 9.17) is 10.00 Å². The maximum atomic E-state index is 12.9. The van der Waals surface area contributed by atoms with Crippen LogP contribution in [0.5, 0.6) is 5.75 Å². The summed E-state index contributed by atoms with van der Waals surface area (Å²) in [6.45, 7) is 1.76. The van der Waals surface area contributed by atoms with Crippen LogP contribution in [-0.4, -0.2) is 32.1 Å². The van der Waals surface area contributed by atoms with Gasteiger partial charge >= 0.3 is 6.09 Å². The second kappa shape index (κ2) is 9.85. The first kappa shape index (κ1) is 21.4. The summed E-state index contributed by atoms with van der Waals surface area (Å²) in [6, 6.07) is 13.1. The number of benzene rings is 2. The van der Waals surface area contributed by atoms with Crippen molar-refractivity contribution < 1.29 is 22.3 Å². The third-order valence-electron chi connectivity index (χ3n) is 4.08. The number of aryl methyl sites for hydroxylation is 1. The van der Waals surface area contributed by atoms with Gasteiger partial charge in [0.1, 0.15) is 11.6 Å². The molecule has 0 saturated heterocycles. The molecule has 28 heavy (non-hydrogen) atoms. The number of carbonyl (C=O) groups is 1. The van der Waals surface area contributed by atoms with Gasteiger partial charge in [-0.3, -0.25) is 0 Å². The number of nitriles is 1. The normalized spacial score (nSPS) is 12.0. The van der Waals surface area contributed by atoms with Gasteiger partial charge in [0.05, 0.1) is 23.1 Å². The van der Waals surface area contributed by atoms with Crippen molar-refractivity contribution in [2.75, 3.05) is 11.5 Å². The van der Waals surface area contributed by atoms with Gasteiger partial charge in [-0.05, 0) is 54.8 Å². The van der Waals surface area contributed by atoms with Crippen LogP contribution in [0.3, 0.4) is 0 Å². The molecule has 0 fully saturated rings. The van der Waals surface area contributed by atoms with Gasteiger partial charge in [-0.25, -0.2) is 17.6 Å². The van der Waals surface area contributed by atoms with Crippen molar-refractivity contribution in [2.24, 2.45) is 0 Å². The van der Waals surface area contributed by atoms with Gasteiger partial charge in [-0.1, -0.05) is 19.1 Å². The minimum atomic E-state index is -3.42. The largest absolute Gasteiger partial charge is 0.412 e. The molecule has 148 valence electrons. The number of hydrogen-bond donors (Lipinski definition) is 1. The zero-order chi connectivity index (χ0) is 20.6. The van der Waals surface area contributed by atoms with E-state index in [2.05, 4.69) is 5.32 Å². The van der Waals surface area contributed by atoms with Crippen LogP contribution in [0.2, 0.25) is 0 Å². The molecule has 0 aliphatic rings. The number of nitrogens with zero attached hydrogens (tertiary/aromatic N) is 1. The summed E-state index contributed by atoms with van der Waals surface area (Å²) in [5.41, 5.74) is 1.33. The molecule has 2 aromatic rings. The van der Waals surface area contributed by atoms with E-state index in [9.17, 15) is 17.6 Å². The summed E-state index contributed by atoms with van der Waals surface area (Å²) in [4.78, 5) is 11.9. The zero-order valence-corrected chi connectivity index (χ0v) is 16.2. The van der Waals surface area contributed by atoms with Gasteiger partial charge < -0.3 is 10.1 Å². The molecule has 8 heteroatoms. The zero-order valence-electron chi connectivity index (χ0n) is 15.4. The van der Waals surface area contributed by atoms with Gasteiger partial charge in [-0.2, -0.15) is 5.26 Å². The van der Waals surface area contributed by atoms with Crippen molar-refractivity contribution in [2.45, 2.75) is 25.8 Å². The van der Waals surface area contributed by atoms with Crippen molar-refractivity contribution in [3.8, 4) is 11.8 Å². The van der Waals surface area contributed by atoms with Gasteiger partial charge in [0.15, 0.2) is 9.84 Å². The lowest BCUT2D eigenvalue weighted by molar-refractivity contribution is 0.196. The van der Waals surface area contributed by atoms with Crippen LogP contribution in [0, 0.1) is 17.1 Å². The van der Waals surface area contributed by atoms with Gasteiger partial charge in [0.2, 0.25) is 0 Å². The number of rotatable bonds is 8. The van der Waals surface area contributed by atoms with Crippen LogP contribution in [0.4, 0.5) is 9.18 Å². The fourth-order valence-electron chi connectivity index (χ4n) is 2.48. The smallest absolute Gasteiger partial charge is 0.410 e. The Labute approximate surface area is 163 Å². The maximum absolute atomic E-state index is 12.9. The maximum Gasteiger partial charge on any atom is 0.412 e. The Morgan fingerprint density at radius 3 is 2.39 bits per heavy atom. The molecule has 1 N–H and O–H groups in total. The first-order valence-corrected chi connectivity index (χ1v) is 10.6. The number of nitrogens with one attached hydrogen (secondary N) is 1. The van der Waals surface area contributed by atoms with Crippen LogP contribution in [0.15, 0.2) is 48.5 Å². The van der Waals surface area contributed by atoms with Crippen molar-refractivity contribution in [1.29, 1.82) is 5.26 Å². The Morgan fingerprint density at radius 1 is 1.18 bits per heavy atom. The molecule has 0 saturated carbocycles. The van der Waals surface area contributed by atoms with Crippen LogP contribution < -0.4 is 10.1 Å². The summed E-state index contributed by atoms with van der Waals surface area (Å²) < 4.78 is 42.7. The number of amides is 1. The van der Waals surface area contributed by atoms with Gasteiger partial charge in [0, 0.05) is 6.04 Å². The number of hydrogen-bond acceptors (Lipinski definition) is 5. The van der Waals surface area contributed by atoms with Crippen molar-refractivity contribution in [3.63, 3.8) is 0 Å². The standard InChI is InChI=1S/C20H21FN2O4S/c1-2-18(23-20(24)27-19-9-7-17(21)8-10-19)14-28(25,26)12-11-15-3-5-16(13-22)6-4-15/h3-10,18H,2,11-12,14H2,1H3,(H,23,24)/t18-/m0/s1. The fourth-order valence-corrected chi connectivity index (χ4v) is 4.12. The Morgan fingerprint density at radius 2 is 1.82 bits per heavy atom. The molecule has 2 aromatic carbocycles. The molecule has 0 unspecified atom stereocenters. The van der Waals surface area contributed by atoms with Gasteiger partial charge in [0.25, 0.3) is 0 Å². The summed E-state index contributed by atoms with van der Waals surface area (Å²) in [5.74, 6) is -0.562. The van der Waals surface area contributed by atoms with Crippen LogP contribution in [-0.2, 0) is 16.3 Å². The lowest BCUT2D eigenvalue weighted by Crippen LogP contribution is -2.41. The Kier molecular flexibility index (Phi) is 7.52. The van der Waals surface area contributed by atoms with E-state index < -0.39 is 27.8 Å². The van der Waals surface area contributed by atoms with Gasteiger partial charge in [-0.15, -0.1) is 0 Å². The topological polar surface area (TPSA) is 96.3 Å². The molecule has 6 nitrogen and oxygen atoms in total. The van der Waals surface area contributed by atoms with E-state index in [1.54, 1.807) is 31.2 Å². The van der Waals surface area contributed by atoms with E-state index in [0.717, 1.165) is 17.7 Å². The number of halogens is 1. The molecule has 2 rings (SSSR count). The Balaban J connectivity index is 1.87. The average molecular weight is 404 g/mol. The quantitative estimate of drug-likeness (QED) is 0.729. The monoisotopic (exact) mass is 404 g/mol. The molecule has 0 radical (unpaired) electrons. The predicted molar refractivity (Wildman–Crippen MR) is 103 cm³/mol. The number of sulfone groups is 1. The third kappa shape index (κ3) is 7.00. The molecular weight excluding hydrogens is 383 g/mol. The van der Waals surface area contributed by atoms with E-state index in [1.165, 1.54) is 12.1 Å². The molecule has 0 aliphatic carbocycles. The highest BCUT2D eigenvalue weighted by atomic mass is 32.2. The Bertz CT molecular complexity index is 936. The lowest BCUT2D eigenvalue weighted by Gasteiger charge is -2.17. The SMILES string of the molecule is CC[C@@H](CS(=O)(=O)CCc1ccc(C#N)cc1)NC(=O)Oc1ccc(F)cc1. The second-order valence-electron chi connectivity index (χ2n) is 6.27. The third-order valence-corrected chi connectivity index (χ3v) is 5.82. The van der Waals surface area contributed by atoms with E-state index in [0.29, 0.717) is 18.4 Å². The van der Waals surface area contributed by atoms with E-state index >= 15 is 0 Å². The van der Waals surface area contributed by atoms with Crippen molar-refractivity contribution >= 4 is 15.9 Å². The highest BCUT2D eigenvalue weighted by molar-refractivity contribution is 7.91. The highest BCUT2D eigenvalue weighted by Crippen LogP contribution is 2.12. The van der Waals surface area contributed by atoms with Crippen molar-refractivity contribution in [1.82, 2.24) is 5.32 Å². The fraction of sp³-hybridized carbons (Fsp3) is 0.300. The van der Waals surface area contributed by atoms with E-state index in [-0.39, 0.29) is 17.3 Å². The summed E-state index contributed by atoms with van der Waals surface area (Å²) in [5, 5.41) is 11.3. The van der Waals surface area contributed by atoms with Crippen LogP contribution >= 0.6 is 0 Å². The molecule has 0 heterocycles. The van der Waals surface area contributed by atoms with Crippen LogP contribution in [0.1, 0.15) is 24.5 Å². The summed E-state index contributed by atoms with van der Waals surface area (Å²) in [6.07, 6.45) is -0.0557. The molecule has 0 bridgehead atoms. The number of carbonyl (C=O) groups excluding carboxylic acids is 1. The minimum absolute atomic E-state index is 0.0654. The second-order valence-corrected chi connectivity index (χ2v) is 8.49. The lowest BCUT2D eigenvalue weighted by atomic mass is 10.1.